The van der Waals surface area contributed by atoms with Gasteiger partial charge in [0, 0.05) is 11.9 Å². The molecule has 0 spiro atoms. The van der Waals surface area contributed by atoms with Crippen molar-refractivity contribution in [2.75, 3.05) is 11.9 Å². The molecule has 3 rings (SSSR count). The number of ether oxygens (including phenoxy) is 1. The van der Waals surface area contributed by atoms with Gasteiger partial charge in [-0.1, -0.05) is 30.3 Å². The Morgan fingerprint density at radius 2 is 1.65 bits per heavy atom. The van der Waals surface area contributed by atoms with Crippen LogP contribution < -0.4 is 10.1 Å². The van der Waals surface area contributed by atoms with E-state index in [2.05, 4.69) is 10.3 Å². The SMILES string of the molecule is O=C(COc1ccc(C=Nc2ccccc2F)cc1)Nc1ccccc1. The molecule has 3 aromatic rings. The van der Waals surface area contributed by atoms with Crippen LogP contribution in [0.2, 0.25) is 0 Å². The lowest BCUT2D eigenvalue weighted by Crippen LogP contribution is -2.20. The number of rotatable bonds is 6. The minimum atomic E-state index is -0.367. The number of hydrogen-bond donors (Lipinski definition) is 1. The minimum absolute atomic E-state index is 0.0858. The number of halogens is 1. The summed E-state index contributed by atoms with van der Waals surface area (Å²) < 4.78 is 19.0. The molecule has 0 bridgehead atoms. The first-order valence-electron chi connectivity index (χ1n) is 8.07. The van der Waals surface area contributed by atoms with Crippen LogP contribution in [0.4, 0.5) is 15.8 Å². The Morgan fingerprint density at radius 3 is 2.38 bits per heavy atom. The second-order valence-corrected chi connectivity index (χ2v) is 5.48. The van der Waals surface area contributed by atoms with Gasteiger partial charge in [-0.2, -0.15) is 0 Å². The van der Waals surface area contributed by atoms with Crippen LogP contribution >= 0.6 is 0 Å². The van der Waals surface area contributed by atoms with Crippen molar-refractivity contribution in [2.45, 2.75) is 0 Å². The van der Waals surface area contributed by atoms with Gasteiger partial charge < -0.3 is 10.1 Å². The van der Waals surface area contributed by atoms with Crippen molar-refractivity contribution in [1.82, 2.24) is 0 Å². The maximum atomic E-state index is 13.5. The summed E-state index contributed by atoms with van der Waals surface area (Å²) in [5, 5.41) is 2.75. The van der Waals surface area contributed by atoms with E-state index < -0.39 is 0 Å². The molecule has 0 atom stereocenters. The molecule has 0 fully saturated rings. The molecule has 130 valence electrons. The summed E-state index contributed by atoms with van der Waals surface area (Å²) in [6, 6.07) is 22.5. The van der Waals surface area contributed by atoms with Crippen molar-refractivity contribution in [2.24, 2.45) is 4.99 Å². The highest BCUT2D eigenvalue weighted by atomic mass is 19.1. The van der Waals surface area contributed by atoms with E-state index in [0.29, 0.717) is 5.75 Å². The predicted octanol–water partition coefficient (Wildman–Crippen LogP) is 4.59. The summed E-state index contributed by atoms with van der Waals surface area (Å²) in [5.74, 6) is -0.0363. The average molecular weight is 348 g/mol. The second kappa shape index (κ2) is 8.58. The van der Waals surface area contributed by atoms with Crippen LogP contribution in [0.25, 0.3) is 0 Å². The first-order chi connectivity index (χ1) is 12.7. The number of para-hydroxylation sites is 2. The number of benzene rings is 3. The molecule has 0 aliphatic rings. The average Bonchev–Trinajstić information content (AvgIpc) is 2.67. The molecule has 1 amide bonds. The number of carbonyl (C=O) groups is 1. The highest BCUT2D eigenvalue weighted by Crippen LogP contribution is 2.17. The van der Waals surface area contributed by atoms with E-state index in [9.17, 15) is 9.18 Å². The fraction of sp³-hybridized carbons (Fsp3) is 0.0476. The van der Waals surface area contributed by atoms with Gasteiger partial charge >= 0.3 is 0 Å². The molecule has 0 unspecified atom stereocenters. The molecule has 0 saturated heterocycles. The molecule has 0 aromatic heterocycles. The van der Waals surface area contributed by atoms with Crippen LogP contribution in [0.1, 0.15) is 5.56 Å². The molecule has 4 nitrogen and oxygen atoms in total. The van der Waals surface area contributed by atoms with Crippen molar-refractivity contribution in [3.63, 3.8) is 0 Å². The van der Waals surface area contributed by atoms with E-state index in [1.54, 1.807) is 48.7 Å². The minimum Gasteiger partial charge on any atom is -0.484 e. The number of nitrogens with one attached hydrogen (secondary N) is 1. The Hall–Kier alpha value is -3.47. The van der Waals surface area contributed by atoms with Crippen LogP contribution in [-0.4, -0.2) is 18.7 Å². The van der Waals surface area contributed by atoms with Crippen molar-refractivity contribution in [3.8, 4) is 5.75 Å². The van der Waals surface area contributed by atoms with Gasteiger partial charge in [-0.3, -0.25) is 9.79 Å². The Kier molecular flexibility index (Phi) is 5.72. The van der Waals surface area contributed by atoms with Crippen molar-refractivity contribution < 1.29 is 13.9 Å². The van der Waals surface area contributed by atoms with E-state index >= 15 is 0 Å². The monoisotopic (exact) mass is 348 g/mol. The quantitative estimate of drug-likeness (QED) is 0.662. The van der Waals surface area contributed by atoms with Gasteiger partial charge in [-0.25, -0.2) is 4.39 Å². The fourth-order valence-corrected chi connectivity index (χ4v) is 2.22. The van der Waals surface area contributed by atoms with Gasteiger partial charge in [0.05, 0.1) is 5.69 Å². The lowest BCUT2D eigenvalue weighted by molar-refractivity contribution is -0.118. The maximum absolute atomic E-state index is 13.5. The Balaban J connectivity index is 1.53. The normalized spacial score (nSPS) is 10.7. The van der Waals surface area contributed by atoms with Crippen molar-refractivity contribution in [1.29, 1.82) is 0 Å². The molecule has 26 heavy (non-hydrogen) atoms. The summed E-state index contributed by atoms with van der Waals surface area (Å²) in [5.41, 5.74) is 1.81. The number of nitrogens with zero attached hydrogens (tertiary/aromatic N) is 1. The predicted molar refractivity (Wildman–Crippen MR) is 101 cm³/mol. The molecule has 0 aliphatic carbocycles. The van der Waals surface area contributed by atoms with Crippen LogP contribution in [0, 0.1) is 5.82 Å². The Labute approximate surface area is 151 Å². The number of aliphatic imine (C=N–C) groups is 1. The van der Waals surface area contributed by atoms with E-state index in [-0.39, 0.29) is 24.0 Å². The zero-order chi connectivity index (χ0) is 18.2. The summed E-state index contributed by atoms with van der Waals surface area (Å²) in [4.78, 5) is 16.0. The maximum Gasteiger partial charge on any atom is 0.262 e. The number of amides is 1. The highest BCUT2D eigenvalue weighted by molar-refractivity contribution is 5.91. The molecule has 0 aliphatic heterocycles. The summed E-state index contributed by atoms with van der Waals surface area (Å²) in [6.45, 7) is -0.0858. The smallest absolute Gasteiger partial charge is 0.262 e. The van der Waals surface area contributed by atoms with E-state index in [1.165, 1.54) is 6.07 Å². The molecule has 3 aromatic carbocycles. The van der Waals surface area contributed by atoms with Gasteiger partial charge in [-0.05, 0) is 54.1 Å². The van der Waals surface area contributed by atoms with Crippen LogP contribution in [0.5, 0.6) is 5.75 Å². The molecule has 0 heterocycles. The lowest BCUT2D eigenvalue weighted by Gasteiger charge is -2.07. The van der Waals surface area contributed by atoms with Crippen LogP contribution in [0.15, 0.2) is 83.9 Å². The Morgan fingerprint density at radius 1 is 0.962 bits per heavy atom. The second-order valence-electron chi connectivity index (χ2n) is 5.48. The zero-order valence-electron chi connectivity index (χ0n) is 13.9. The van der Waals surface area contributed by atoms with Gasteiger partial charge in [0.1, 0.15) is 11.6 Å². The van der Waals surface area contributed by atoms with Gasteiger partial charge in [0.25, 0.3) is 5.91 Å². The summed E-state index contributed by atoms with van der Waals surface area (Å²) in [6.07, 6.45) is 1.57. The van der Waals surface area contributed by atoms with E-state index in [4.69, 9.17) is 4.74 Å². The largest absolute Gasteiger partial charge is 0.484 e. The van der Waals surface area contributed by atoms with E-state index in [1.807, 2.05) is 30.3 Å². The molecule has 1 N–H and O–H groups in total. The lowest BCUT2D eigenvalue weighted by atomic mass is 10.2. The van der Waals surface area contributed by atoms with Crippen molar-refractivity contribution in [3.05, 3.63) is 90.2 Å². The third-order valence-corrected chi connectivity index (χ3v) is 3.51. The molecular formula is C21H17FN2O2. The summed E-state index contributed by atoms with van der Waals surface area (Å²) in [7, 11) is 0. The van der Waals surface area contributed by atoms with Gasteiger partial charge in [0.15, 0.2) is 6.61 Å². The van der Waals surface area contributed by atoms with Crippen LogP contribution in [-0.2, 0) is 4.79 Å². The van der Waals surface area contributed by atoms with Gasteiger partial charge in [-0.15, -0.1) is 0 Å². The first-order valence-corrected chi connectivity index (χ1v) is 8.07. The number of hydrogen-bond acceptors (Lipinski definition) is 3. The highest BCUT2D eigenvalue weighted by Gasteiger charge is 2.03. The van der Waals surface area contributed by atoms with Crippen molar-refractivity contribution >= 4 is 23.5 Å². The standard InChI is InChI=1S/C21H17FN2O2/c22-19-8-4-5-9-20(19)23-14-16-10-12-18(13-11-16)26-15-21(25)24-17-6-2-1-3-7-17/h1-14H,15H2,(H,24,25). The van der Waals surface area contributed by atoms with Crippen LogP contribution in [0.3, 0.4) is 0 Å². The number of carbonyl (C=O) groups excluding carboxylic acids is 1. The topological polar surface area (TPSA) is 50.7 Å². The zero-order valence-corrected chi connectivity index (χ0v) is 13.9. The molecular weight excluding hydrogens is 331 g/mol. The van der Waals surface area contributed by atoms with E-state index in [0.717, 1.165) is 11.3 Å². The Bertz CT molecular complexity index is 893. The fourth-order valence-electron chi connectivity index (χ4n) is 2.22. The third kappa shape index (κ3) is 5.01. The molecule has 0 saturated carbocycles. The third-order valence-electron chi connectivity index (χ3n) is 3.51. The molecule has 5 heteroatoms. The summed E-state index contributed by atoms with van der Waals surface area (Å²) >= 11 is 0. The number of anilines is 1. The first kappa shape index (κ1) is 17.4. The van der Waals surface area contributed by atoms with Gasteiger partial charge in [0.2, 0.25) is 0 Å². The molecule has 0 radical (unpaired) electrons.